The number of carboxylic acid groups (broad SMARTS) is 1. The molecular formula is C25H20N2O7. The Labute approximate surface area is 194 Å². The van der Waals surface area contributed by atoms with Gasteiger partial charge in [0.25, 0.3) is 17.7 Å². The van der Waals surface area contributed by atoms with E-state index in [1.54, 1.807) is 54.6 Å². The third-order valence-corrected chi connectivity index (χ3v) is 5.19. The number of rotatable bonds is 8. The minimum Gasteiger partial charge on any atom is -0.496 e. The fraction of sp³-hybridized carbons (Fsp3) is 0.120. The van der Waals surface area contributed by atoms with Crippen molar-refractivity contribution in [3.8, 4) is 17.2 Å². The molecule has 0 atom stereocenters. The molecule has 1 aliphatic heterocycles. The molecule has 1 aliphatic rings. The molecule has 0 spiro atoms. The molecule has 3 aromatic rings. The lowest BCUT2D eigenvalue weighted by Crippen LogP contribution is -2.31. The molecule has 0 bridgehead atoms. The Balaban J connectivity index is 1.44. The molecule has 0 unspecified atom stereocenters. The van der Waals surface area contributed by atoms with E-state index in [9.17, 15) is 19.2 Å². The lowest BCUT2D eigenvalue weighted by Gasteiger charge is -2.11. The summed E-state index contributed by atoms with van der Waals surface area (Å²) in [5, 5.41) is 11.6. The van der Waals surface area contributed by atoms with Crippen molar-refractivity contribution in [3.05, 3.63) is 83.4 Å². The fourth-order valence-corrected chi connectivity index (χ4v) is 3.52. The summed E-state index contributed by atoms with van der Waals surface area (Å²) in [7, 11) is 1.49. The number of amides is 3. The van der Waals surface area contributed by atoms with Crippen molar-refractivity contribution >= 4 is 29.4 Å². The number of hydrogen-bond acceptors (Lipinski definition) is 6. The molecule has 0 saturated heterocycles. The van der Waals surface area contributed by atoms with Crippen molar-refractivity contribution in [2.24, 2.45) is 0 Å². The highest BCUT2D eigenvalue weighted by atomic mass is 16.5. The highest BCUT2D eigenvalue weighted by Gasteiger charge is 2.35. The Morgan fingerprint density at radius 2 is 1.59 bits per heavy atom. The largest absolute Gasteiger partial charge is 0.496 e. The summed E-state index contributed by atoms with van der Waals surface area (Å²) in [6.07, 6.45) is -0.325. The molecule has 0 radical (unpaired) electrons. The second-order valence-corrected chi connectivity index (χ2v) is 7.39. The van der Waals surface area contributed by atoms with Crippen LogP contribution in [0, 0.1) is 0 Å². The summed E-state index contributed by atoms with van der Waals surface area (Å²) in [5.74, 6) is -1.24. The van der Waals surface area contributed by atoms with E-state index in [4.69, 9.17) is 14.6 Å². The maximum Gasteiger partial charge on any atom is 0.305 e. The summed E-state index contributed by atoms with van der Waals surface area (Å²) in [6, 6.07) is 18.0. The monoisotopic (exact) mass is 460 g/mol. The molecule has 34 heavy (non-hydrogen) atoms. The molecule has 0 saturated carbocycles. The van der Waals surface area contributed by atoms with Gasteiger partial charge in [-0.15, -0.1) is 0 Å². The first kappa shape index (κ1) is 22.5. The molecular weight excluding hydrogens is 440 g/mol. The molecule has 2 N–H and O–H groups in total. The van der Waals surface area contributed by atoms with Crippen molar-refractivity contribution in [2.75, 3.05) is 19.0 Å². The summed E-state index contributed by atoms with van der Waals surface area (Å²) < 4.78 is 11.0. The first-order valence-corrected chi connectivity index (χ1v) is 10.3. The predicted molar refractivity (Wildman–Crippen MR) is 122 cm³/mol. The van der Waals surface area contributed by atoms with Gasteiger partial charge < -0.3 is 19.9 Å². The number of hydrogen-bond donors (Lipinski definition) is 2. The predicted octanol–water partition coefficient (Wildman–Crippen LogP) is 3.81. The van der Waals surface area contributed by atoms with Crippen molar-refractivity contribution < 1.29 is 33.8 Å². The summed E-state index contributed by atoms with van der Waals surface area (Å²) in [4.78, 5) is 49.2. The van der Waals surface area contributed by atoms with Gasteiger partial charge in [0.1, 0.15) is 17.2 Å². The van der Waals surface area contributed by atoms with Gasteiger partial charge >= 0.3 is 5.97 Å². The molecule has 3 aromatic carbocycles. The molecule has 3 amide bonds. The highest BCUT2D eigenvalue weighted by molar-refractivity contribution is 6.21. The Kier molecular flexibility index (Phi) is 6.26. The Hall–Kier alpha value is -4.66. The molecule has 172 valence electrons. The minimum atomic E-state index is -1.09. The third-order valence-electron chi connectivity index (χ3n) is 5.19. The number of carbonyl (C=O) groups is 4. The van der Waals surface area contributed by atoms with Gasteiger partial charge in [0.15, 0.2) is 0 Å². The van der Waals surface area contributed by atoms with Crippen molar-refractivity contribution in [1.29, 1.82) is 0 Å². The number of nitrogens with zero attached hydrogens (tertiary/aromatic N) is 1. The van der Waals surface area contributed by atoms with Crippen molar-refractivity contribution in [1.82, 2.24) is 4.90 Å². The number of ether oxygens (including phenoxy) is 2. The normalized spacial score (nSPS) is 12.3. The number of aliphatic carboxylic acids is 1. The van der Waals surface area contributed by atoms with Gasteiger partial charge in [-0.05, 0) is 54.6 Å². The summed E-state index contributed by atoms with van der Waals surface area (Å²) in [5.41, 5.74) is 1.32. The van der Waals surface area contributed by atoms with Crippen LogP contribution in [0.5, 0.6) is 17.2 Å². The number of anilines is 1. The van der Waals surface area contributed by atoms with E-state index in [1.165, 1.54) is 19.2 Å². The number of para-hydroxylation sites is 1. The van der Waals surface area contributed by atoms with E-state index in [2.05, 4.69) is 5.32 Å². The average molecular weight is 460 g/mol. The van der Waals surface area contributed by atoms with Gasteiger partial charge in [0, 0.05) is 12.2 Å². The second kappa shape index (κ2) is 9.45. The maximum atomic E-state index is 12.5. The first-order valence-electron chi connectivity index (χ1n) is 10.3. The van der Waals surface area contributed by atoms with Crippen molar-refractivity contribution in [2.45, 2.75) is 6.42 Å². The van der Waals surface area contributed by atoms with Crippen LogP contribution in [0.15, 0.2) is 66.7 Å². The van der Waals surface area contributed by atoms with Gasteiger partial charge in [-0.3, -0.25) is 24.1 Å². The molecule has 0 fully saturated rings. The average Bonchev–Trinajstić information content (AvgIpc) is 3.07. The van der Waals surface area contributed by atoms with Crippen molar-refractivity contribution in [3.63, 3.8) is 0 Å². The zero-order chi connectivity index (χ0) is 24.2. The number of fused-ring (bicyclic) bond motifs is 1. The van der Waals surface area contributed by atoms with Gasteiger partial charge in [0.2, 0.25) is 0 Å². The fourth-order valence-electron chi connectivity index (χ4n) is 3.52. The number of methoxy groups -OCH3 is 1. The van der Waals surface area contributed by atoms with Gasteiger partial charge in [-0.1, -0.05) is 12.1 Å². The summed E-state index contributed by atoms with van der Waals surface area (Å²) >= 11 is 0. The number of carbonyl (C=O) groups excluding carboxylic acids is 3. The number of nitrogens with one attached hydrogen (secondary N) is 1. The van der Waals surface area contributed by atoms with E-state index in [-0.39, 0.29) is 30.0 Å². The number of benzene rings is 3. The topological polar surface area (TPSA) is 122 Å². The van der Waals surface area contributed by atoms with Crippen LogP contribution >= 0.6 is 0 Å². The smallest absolute Gasteiger partial charge is 0.305 e. The second-order valence-electron chi connectivity index (χ2n) is 7.39. The third kappa shape index (κ3) is 4.58. The van der Waals surface area contributed by atoms with Gasteiger partial charge in [-0.25, -0.2) is 0 Å². The van der Waals surface area contributed by atoms with E-state index in [0.717, 1.165) is 4.90 Å². The van der Waals surface area contributed by atoms with E-state index in [1.807, 2.05) is 0 Å². The quantitative estimate of drug-likeness (QED) is 0.490. The SMILES string of the molecule is COc1ccccc1C(=O)Nc1ccc(Oc2ccc3c(c2)C(=O)N(CCC(=O)O)C3=O)cc1. The zero-order valence-corrected chi connectivity index (χ0v) is 18.1. The van der Waals surface area contributed by atoms with E-state index in [0.29, 0.717) is 28.5 Å². The Morgan fingerprint density at radius 1 is 0.912 bits per heavy atom. The van der Waals surface area contributed by atoms with E-state index < -0.39 is 17.8 Å². The molecule has 9 nitrogen and oxygen atoms in total. The van der Waals surface area contributed by atoms with Crippen LogP contribution in [0.2, 0.25) is 0 Å². The molecule has 0 aliphatic carbocycles. The Bertz CT molecular complexity index is 1280. The summed E-state index contributed by atoms with van der Waals surface area (Å²) in [6.45, 7) is -0.195. The van der Waals surface area contributed by atoms with Crippen LogP contribution in [0.4, 0.5) is 5.69 Å². The van der Waals surface area contributed by atoms with Gasteiger partial charge in [-0.2, -0.15) is 0 Å². The highest BCUT2D eigenvalue weighted by Crippen LogP contribution is 2.30. The van der Waals surface area contributed by atoms with Crippen LogP contribution < -0.4 is 14.8 Å². The molecule has 4 rings (SSSR count). The zero-order valence-electron chi connectivity index (χ0n) is 18.1. The molecule has 1 heterocycles. The van der Waals surface area contributed by atoms with Crippen LogP contribution in [-0.4, -0.2) is 47.4 Å². The van der Waals surface area contributed by atoms with E-state index >= 15 is 0 Å². The maximum absolute atomic E-state index is 12.5. The minimum absolute atomic E-state index is 0.161. The standard InChI is InChI=1S/C25H20N2O7/c1-33-21-5-3-2-4-19(21)23(30)26-15-6-8-16(9-7-15)34-17-10-11-18-20(14-17)25(32)27(24(18)31)13-12-22(28)29/h2-11,14H,12-13H2,1H3,(H,26,30)(H,28,29). The lowest BCUT2D eigenvalue weighted by atomic mass is 10.1. The first-order chi connectivity index (χ1) is 16.4. The van der Waals surface area contributed by atoms with Crippen LogP contribution in [-0.2, 0) is 4.79 Å². The molecule has 0 aromatic heterocycles. The van der Waals surface area contributed by atoms with Gasteiger partial charge in [0.05, 0.1) is 30.2 Å². The lowest BCUT2D eigenvalue weighted by molar-refractivity contribution is -0.137. The Morgan fingerprint density at radius 3 is 2.29 bits per heavy atom. The number of carboxylic acids is 1. The van der Waals surface area contributed by atoms with Crippen LogP contribution in [0.3, 0.4) is 0 Å². The molecule has 9 heteroatoms. The van der Waals surface area contributed by atoms with Crippen LogP contribution in [0.1, 0.15) is 37.5 Å². The van der Waals surface area contributed by atoms with Crippen LogP contribution in [0.25, 0.3) is 0 Å². The number of imide groups is 1.